The number of amides is 1. The summed E-state index contributed by atoms with van der Waals surface area (Å²) in [6.07, 6.45) is 1.24. The molecule has 1 heterocycles. The van der Waals surface area contributed by atoms with Crippen LogP contribution in [0.2, 0.25) is 0 Å². The number of aliphatic hydroxyl groups is 1. The number of halogens is 1. The molecule has 0 aliphatic heterocycles. The average molecular weight is 438 g/mol. The number of hydrogen-bond acceptors (Lipinski definition) is 4. The molecule has 7 heteroatoms. The van der Waals surface area contributed by atoms with Crippen molar-refractivity contribution in [3.63, 3.8) is 0 Å². The second kappa shape index (κ2) is 10.7. The molecule has 0 saturated heterocycles. The molecule has 1 amide bonds. The van der Waals surface area contributed by atoms with Crippen molar-refractivity contribution in [1.29, 1.82) is 0 Å². The van der Waals surface area contributed by atoms with Crippen LogP contribution < -0.4 is 10.2 Å². The smallest absolute Gasteiger partial charge is 0.240 e. The molecular weight excluding hydrogens is 409 g/mol. The minimum Gasteiger partial charge on any atom is -0.494 e. The van der Waals surface area contributed by atoms with E-state index < -0.39 is 6.10 Å². The van der Waals surface area contributed by atoms with Gasteiger partial charge in [-0.1, -0.05) is 18.2 Å². The first-order valence-corrected chi connectivity index (χ1v) is 10.6. The highest BCUT2D eigenvalue weighted by Gasteiger charge is 2.12. The van der Waals surface area contributed by atoms with Gasteiger partial charge in [-0.3, -0.25) is 4.79 Å². The lowest BCUT2D eigenvalue weighted by Crippen LogP contribution is -2.18. The molecule has 0 fully saturated rings. The lowest BCUT2D eigenvalue weighted by atomic mass is 10.0. The summed E-state index contributed by atoms with van der Waals surface area (Å²) in [7, 11) is 0. The van der Waals surface area contributed by atoms with Gasteiger partial charge in [0, 0.05) is 29.1 Å². The van der Waals surface area contributed by atoms with Gasteiger partial charge >= 0.3 is 0 Å². The third kappa shape index (κ3) is 5.82. The van der Waals surface area contributed by atoms with Crippen LogP contribution in [0.3, 0.4) is 0 Å². The first kappa shape index (κ1) is 23.2. The Bertz CT molecular complexity index is 1090. The number of rotatable bonds is 9. The molecule has 32 heavy (non-hydrogen) atoms. The highest BCUT2D eigenvalue weighted by Crippen LogP contribution is 2.22. The van der Waals surface area contributed by atoms with Crippen LogP contribution in [-0.4, -0.2) is 28.4 Å². The van der Waals surface area contributed by atoms with Gasteiger partial charge in [0.05, 0.1) is 18.9 Å². The van der Waals surface area contributed by atoms with Crippen molar-refractivity contribution in [2.75, 3.05) is 6.61 Å². The SMILES string of the molecule is CCOc1ccc([C@@H](O)CCC(=O)N/N=C\c2cc(C)n(-c3cccc(F)c3)c2C)cc1. The van der Waals surface area contributed by atoms with Gasteiger partial charge in [-0.05, 0) is 69.2 Å². The molecule has 0 unspecified atom stereocenters. The van der Waals surface area contributed by atoms with Crippen LogP contribution >= 0.6 is 0 Å². The average Bonchev–Trinajstić information content (AvgIpc) is 3.05. The standard InChI is InChI=1S/C25H28FN3O3/c1-4-32-23-10-8-19(9-11-23)24(30)12-13-25(31)28-27-16-20-14-17(2)29(18(20)3)22-7-5-6-21(26)15-22/h5-11,14-16,24,30H,4,12-13H2,1-3H3,(H,28,31)/b27-16-/t24-/m0/s1. The number of carbonyl (C=O) groups excluding carboxylic acids is 1. The molecule has 6 nitrogen and oxygen atoms in total. The molecule has 2 aromatic carbocycles. The zero-order valence-corrected chi connectivity index (χ0v) is 18.5. The van der Waals surface area contributed by atoms with E-state index in [1.807, 2.05) is 37.5 Å². The third-order valence-electron chi connectivity index (χ3n) is 5.15. The van der Waals surface area contributed by atoms with Gasteiger partial charge in [0.2, 0.25) is 5.91 Å². The van der Waals surface area contributed by atoms with E-state index in [9.17, 15) is 14.3 Å². The van der Waals surface area contributed by atoms with Crippen molar-refractivity contribution in [3.05, 3.63) is 82.9 Å². The molecular formula is C25H28FN3O3. The van der Waals surface area contributed by atoms with Crippen LogP contribution in [0.5, 0.6) is 5.75 Å². The molecule has 1 atom stereocenters. The fraction of sp³-hybridized carbons (Fsp3) is 0.280. The van der Waals surface area contributed by atoms with E-state index in [0.29, 0.717) is 6.61 Å². The van der Waals surface area contributed by atoms with Crippen LogP contribution in [0.15, 0.2) is 59.7 Å². The van der Waals surface area contributed by atoms with Gasteiger partial charge < -0.3 is 14.4 Å². The monoisotopic (exact) mass is 437 g/mol. The predicted molar refractivity (Wildman–Crippen MR) is 123 cm³/mol. The minimum absolute atomic E-state index is 0.133. The molecule has 0 saturated carbocycles. The van der Waals surface area contributed by atoms with Crippen LogP contribution in [0, 0.1) is 19.7 Å². The molecule has 1 aromatic heterocycles. The molecule has 3 rings (SSSR count). The molecule has 0 radical (unpaired) electrons. The Morgan fingerprint density at radius 1 is 1.22 bits per heavy atom. The van der Waals surface area contributed by atoms with E-state index in [-0.39, 0.29) is 24.6 Å². The summed E-state index contributed by atoms with van der Waals surface area (Å²) in [5.41, 5.74) is 6.60. The highest BCUT2D eigenvalue weighted by molar-refractivity contribution is 5.84. The fourth-order valence-electron chi connectivity index (χ4n) is 3.55. The summed E-state index contributed by atoms with van der Waals surface area (Å²) < 4.78 is 20.9. The zero-order chi connectivity index (χ0) is 23.1. The molecule has 3 aromatic rings. The number of aryl methyl sites for hydroxylation is 1. The van der Waals surface area contributed by atoms with E-state index in [0.717, 1.165) is 34.0 Å². The van der Waals surface area contributed by atoms with Crippen molar-refractivity contribution in [2.45, 2.75) is 39.7 Å². The number of hydrogen-bond donors (Lipinski definition) is 2. The van der Waals surface area contributed by atoms with Crippen LogP contribution in [0.25, 0.3) is 5.69 Å². The summed E-state index contributed by atoms with van der Waals surface area (Å²) in [5, 5.41) is 14.3. The molecule has 168 valence electrons. The van der Waals surface area contributed by atoms with E-state index in [1.165, 1.54) is 12.1 Å². The maximum Gasteiger partial charge on any atom is 0.240 e. The van der Waals surface area contributed by atoms with Gasteiger partial charge in [0.1, 0.15) is 11.6 Å². The van der Waals surface area contributed by atoms with Crippen molar-refractivity contribution in [1.82, 2.24) is 9.99 Å². The maximum absolute atomic E-state index is 13.6. The number of benzene rings is 2. The maximum atomic E-state index is 13.6. The van der Waals surface area contributed by atoms with Crippen molar-refractivity contribution in [2.24, 2.45) is 5.10 Å². The summed E-state index contributed by atoms with van der Waals surface area (Å²) in [5.74, 6) is 0.155. The minimum atomic E-state index is -0.745. The molecule has 0 aliphatic rings. The highest BCUT2D eigenvalue weighted by atomic mass is 19.1. The fourth-order valence-corrected chi connectivity index (χ4v) is 3.55. The van der Waals surface area contributed by atoms with Crippen molar-refractivity contribution < 1.29 is 19.0 Å². The zero-order valence-electron chi connectivity index (χ0n) is 18.5. The van der Waals surface area contributed by atoms with E-state index in [4.69, 9.17) is 4.74 Å². The molecule has 0 spiro atoms. The van der Waals surface area contributed by atoms with Crippen LogP contribution in [-0.2, 0) is 4.79 Å². The Balaban J connectivity index is 1.55. The largest absolute Gasteiger partial charge is 0.494 e. The van der Waals surface area contributed by atoms with Gasteiger partial charge in [-0.15, -0.1) is 0 Å². The Morgan fingerprint density at radius 2 is 1.97 bits per heavy atom. The number of aliphatic hydroxyl groups excluding tert-OH is 1. The van der Waals surface area contributed by atoms with Gasteiger partial charge in [-0.2, -0.15) is 5.10 Å². The Kier molecular flexibility index (Phi) is 7.78. The summed E-state index contributed by atoms with van der Waals surface area (Å²) >= 11 is 0. The normalized spacial score (nSPS) is 12.2. The first-order chi connectivity index (χ1) is 15.4. The second-order valence-electron chi connectivity index (χ2n) is 7.49. The second-order valence-corrected chi connectivity index (χ2v) is 7.49. The van der Waals surface area contributed by atoms with Gasteiger partial charge in [0.15, 0.2) is 0 Å². The van der Waals surface area contributed by atoms with Crippen molar-refractivity contribution in [3.8, 4) is 11.4 Å². The molecule has 2 N–H and O–H groups in total. The quantitative estimate of drug-likeness (QED) is 0.380. The number of ether oxygens (including phenoxy) is 1. The molecule has 0 aliphatic carbocycles. The Morgan fingerprint density at radius 3 is 2.66 bits per heavy atom. The van der Waals surface area contributed by atoms with Crippen LogP contribution in [0.4, 0.5) is 4.39 Å². The van der Waals surface area contributed by atoms with E-state index >= 15 is 0 Å². The summed E-state index contributed by atoms with van der Waals surface area (Å²) in [6, 6.07) is 15.5. The van der Waals surface area contributed by atoms with Crippen LogP contribution in [0.1, 0.15) is 48.4 Å². The Hall–Kier alpha value is -3.45. The first-order valence-electron chi connectivity index (χ1n) is 10.6. The predicted octanol–water partition coefficient (Wildman–Crippen LogP) is 4.60. The van der Waals surface area contributed by atoms with Crippen molar-refractivity contribution >= 4 is 12.1 Å². The third-order valence-corrected chi connectivity index (χ3v) is 5.15. The van der Waals surface area contributed by atoms with E-state index in [1.54, 1.807) is 36.5 Å². The number of carbonyl (C=O) groups is 1. The lowest BCUT2D eigenvalue weighted by molar-refractivity contribution is -0.121. The molecule has 0 bridgehead atoms. The Labute approximate surface area is 187 Å². The van der Waals surface area contributed by atoms with Gasteiger partial charge in [0.25, 0.3) is 0 Å². The topological polar surface area (TPSA) is 75.8 Å². The number of aromatic nitrogens is 1. The lowest BCUT2D eigenvalue weighted by Gasteiger charge is -2.11. The van der Waals surface area contributed by atoms with Gasteiger partial charge in [-0.25, -0.2) is 9.82 Å². The summed E-state index contributed by atoms with van der Waals surface area (Å²) in [4.78, 5) is 12.1. The number of hydrazone groups is 1. The number of nitrogens with zero attached hydrogens (tertiary/aromatic N) is 2. The summed E-state index contributed by atoms with van der Waals surface area (Å²) in [6.45, 7) is 6.33. The number of nitrogens with one attached hydrogen (secondary N) is 1. The van der Waals surface area contributed by atoms with E-state index in [2.05, 4.69) is 10.5 Å².